The van der Waals surface area contributed by atoms with Gasteiger partial charge in [0.15, 0.2) is 0 Å². The Bertz CT molecular complexity index is 93.7. The first-order chi connectivity index (χ1) is 4.27. The molecule has 0 saturated carbocycles. The number of rotatable bonds is 4. The SMILES string of the molecule is BCCCCOC(N)=S.[Zn]. The van der Waals surface area contributed by atoms with Crippen molar-refractivity contribution >= 4 is 25.2 Å². The molecule has 5 heteroatoms. The minimum atomic E-state index is 0. The summed E-state index contributed by atoms with van der Waals surface area (Å²) in [6, 6.07) is 0. The van der Waals surface area contributed by atoms with Crippen molar-refractivity contribution in [1.29, 1.82) is 0 Å². The third kappa shape index (κ3) is 11.2. The Balaban J connectivity index is 0. The Labute approximate surface area is 81.0 Å². The fraction of sp³-hybridized carbons (Fsp3) is 0.800. The molecule has 0 saturated heterocycles. The topological polar surface area (TPSA) is 35.2 Å². The quantitative estimate of drug-likeness (QED) is 0.405. The Hall–Kier alpha value is 0.378. The van der Waals surface area contributed by atoms with Gasteiger partial charge in [-0.2, -0.15) is 0 Å². The van der Waals surface area contributed by atoms with Gasteiger partial charge in [-0.1, -0.05) is 12.7 Å². The van der Waals surface area contributed by atoms with Gasteiger partial charge in [-0.15, -0.1) is 0 Å². The third-order valence-electron chi connectivity index (χ3n) is 0.992. The van der Waals surface area contributed by atoms with Gasteiger partial charge in [-0.25, -0.2) is 0 Å². The molecule has 0 aromatic rings. The van der Waals surface area contributed by atoms with E-state index in [1.807, 2.05) is 0 Å². The van der Waals surface area contributed by atoms with Crippen molar-refractivity contribution in [1.82, 2.24) is 0 Å². The normalized spacial score (nSPS) is 8.00. The summed E-state index contributed by atoms with van der Waals surface area (Å²) >= 11 is 4.50. The second kappa shape index (κ2) is 9.38. The van der Waals surface area contributed by atoms with Gasteiger partial charge in [0.25, 0.3) is 5.17 Å². The van der Waals surface area contributed by atoms with Crippen LogP contribution in [0.2, 0.25) is 6.32 Å². The molecular weight excluding hydrogens is 198 g/mol. The van der Waals surface area contributed by atoms with Crippen LogP contribution < -0.4 is 5.73 Å². The zero-order valence-electron chi connectivity index (χ0n) is 6.43. The molecule has 0 amide bonds. The van der Waals surface area contributed by atoms with Gasteiger partial charge in [0.1, 0.15) is 7.85 Å². The van der Waals surface area contributed by atoms with Crippen LogP contribution >= 0.6 is 12.2 Å². The van der Waals surface area contributed by atoms with E-state index in [-0.39, 0.29) is 24.7 Å². The van der Waals surface area contributed by atoms with Crippen LogP contribution in [-0.4, -0.2) is 19.6 Å². The summed E-state index contributed by atoms with van der Waals surface area (Å²) in [4.78, 5) is 0. The van der Waals surface area contributed by atoms with E-state index in [0.717, 1.165) is 6.42 Å². The monoisotopic (exact) mass is 209 g/mol. The molecule has 0 rings (SSSR count). The minimum absolute atomic E-state index is 0. The smallest absolute Gasteiger partial charge is 0.253 e. The minimum Gasteiger partial charge on any atom is -0.471 e. The maximum atomic E-state index is 5.08. The molecule has 0 bridgehead atoms. The van der Waals surface area contributed by atoms with E-state index in [1.165, 1.54) is 12.7 Å². The van der Waals surface area contributed by atoms with E-state index >= 15 is 0 Å². The average Bonchev–Trinajstić information content (AvgIpc) is 1.80. The van der Waals surface area contributed by atoms with Crippen LogP contribution in [-0.2, 0) is 24.2 Å². The molecule has 0 spiro atoms. The molecule has 0 radical (unpaired) electrons. The largest absolute Gasteiger partial charge is 0.471 e. The first kappa shape index (κ1) is 13.0. The van der Waals surface area contributed by atoms with Crippen molar-refractivity contribution in [2.24, 2.45) is 5.73 Å². The van der Waals surface area contributed by atoms with Crippen molar-refractivity contribution in [3.63, 3.8) is 0 Å². The Morgan fingerprint density at radius 3 is 2.50 bits per heavy atom. The molecule has 0 aromatic carbocycles. The number of thiocarbonyl (C=S) groups is 1. The molecular formula is C5H12BNOSZn. The predicted molar refractivity (Wildman–Crippen MR) is 45.3 cm³/mol. The summed E-state index contributed by atoms with van der Waals surface area (Å²) in [5, 5.41) is 0.158. The number of hydrogen-bond donors (Lipinski definition) is 1. The summed E-state index contributed by atoms with van der Waals surface area (Å²) in [6.07, 6.45) is 3.43. The van der Waals surface area contributed by atoms with Crippen LogP contribution in [0.5, 0.6) is 0 Å². The molecule has 0 unspecified atom stereocenters. The van der Waals surface area contributed by atoms with E-state index < -0.39 is 0 Å². The van der Waals surface area contributed by atoms with Crippen LogP contribution in [0, 0.1) is 0 Å². The average molecular weight is 210 g/mol. The molecule has 0 heterocycles. The number of unbranched alkanes of at least 4 members (excludes halogenated alkanes) is 1. The van der Waals surface area contributed by atoms with Gasteiger partial charge >= 0.3 is 0 Å². The summed E-state index contributed by atoms with van der Waals surface area (Å²) in [7, 11) is 2.14. The molecule has 2 N–H and O–H groups in total. The number of nitrogens with two attached hydrogens (primary N) is 1. The summed E-state index contributed by atoms with van der Waals surface area (Å²) in [5.74, 6) is 0. The van der Waals surface area contributed by atoms with E-state index in [2.05, 4.69) is 20.1 Å². The predicted octanol–water partition coefficient (Wildman–Crippen LogP) is 0.0757. The van der Waals surface area contributed by atoms with Gasteiger partial charge < -0.3 is 10.5 Å². The maximum Gasteiger partial charge on any atom is 0.253 e. The number of hydrogen-bond acceptors (Lipinski definition) is 2. The van der Waals surface area contributed by atoms with Crippen molar-refractivity contribution in [3.05, 3.63) is 0 Å². The molecule has 0 atom stereocenters. The van der Waals surface area contributed by atoms with Crippen molar-refractivity contribution < 1.29 is 24.2 Å². The Morgan fingerprint density at radius 2 is 2.10 bits per heavy atom. The van der Waals surface area contributed by atoms with Gasteiger partial charge in [-0.05, 0) is 18.6 Å². The summed E-state index contributed by atoms with van der Waals surface area (Å²) < 4.78 is 4.85. The fourth-order valence-corrected chi connectivity index (χ4v) is 0.608. The maximum absolute atomic E-state index is 5.08. The summed E-state index contributed by atoms with van der Waals surface area (Å²) in [5.41, 5.74) is 5.08. The Kier molecular flexibility index (Phi) is 12.2. The molecule has 2 nitrogen and oxygen atoms in total. The molecule has 0 fully saturated rings. The first-order valence-electron chi connectivity index (χ1n) is 3.19. The van der Waals surface area contributed by atoms with Crippen LogP contribution in [0.1, 0.15) is 12.8 Å². The number of ether oxygens (including phenoxy) is 1. The molecule has 0 aliphatic heterocycles. The Morgan fingerprint density at radius 1 is 1.50 bits per heavy atom. The van der Waals surface area contributed by atoms with Gasteiger partial charge in [0, 0.05) is 19.5 Å². The fourth-order valence-electron chi connectivity index (χ4n) is 0.525. The molecule has 0 aromatic heterocycles. The van der Waals surface area contributed by atoms with Crippen molar-refractivity contribution in [2.75, 3.05) is 6.61 Å². The van der Waals surface area contributed by atoms with Crippen LogP contribution in [0.15, 0.2) is 0 Å². The van der Waals surface area contributed by atoms with E-state index in [9.17, 15) is 0 Å². The van der Waals surface area contributed by atoms with E-state index in [0.29, 0.717) is 6.61 Å². The molecule has 10 heavy (non-hydrogen) atoms. The van der Waals surface area contributed by atoms with E-state index in [1.54, 1.807) is 0 Å². The van der Waals surface area contributed by atoms with Gasteiger partial charge in [0.2, 0.25) is 0 Å². The van der Waals surface area contributed by atoms with Crippen LogP contribution in [0.3, 0.4) is 0 Å². The van der Waals surface area contributed by atoms with E-state index in [4.69, 9.17) is 10.5 Å². The van der Waals surface area contributed by atoms with Gasteiger partial charge in [0.05, 0.1) is 6.61 Å². The third-order valence-corrected chi connectivity index (χ3v) is 1.11. The van der Waals surface area contributed by atoms with Crippen LogP contribution in [0.25, 0.3) is 0 Å². The molecule has 54 valence electrons. The second-order valence-corrected chi connectivity index (χ2v) is 2.28. The van der Waals surface area contributed by atoms with Gasteiger partial charge in [-0.3, -0.25) is 0 Å². The standard InChI is InChI=1S/C5H12BNOS.Zn/c6-3-1-2-4-8-5(7)9;/h1-4,6H2,(H2,7,9);. The molecule has 0 aliphatic carbocycles. The summed E-state index contributed by atoms with van der Waals surface area (Å²) in [6.45, 7) is 0.670. The van der Waals surface area contributed by atoms with Crippen molar-refractivity contribution in [2.45, 2.75) is 19.2 Å². The second-order valence-electron chi connectivity index (χ2n) is 1.87. The van der Waals surface area contributed by atoms with Crippen LogP contribution in [0.4, 0.5) is 0 Å². The first-order valence-corrected chi connectivity index (χ1v) is 3.60. The molecule has 0 aliphatic rings. The zero-order valence-corrected chi connectivity index (χ0v) is 10.2. The van der Waals surface area contributed by atoms with Crippen molar-refractivity contribution in [3.8, 4) is 0 Å². The zero-order chi connectivity index (χ0) is 7.11.